The number of rotatable bonds is 6. The molecule has 130 valence electrons. The molecule has 6 heteroatoms. The highest BCUT2D eigenvalue weighted by Crippen LogP contribution is 2.36. The van der Waals surface area contributed by atoms with Crippen molar-refractivity contribution in [2.45, 2.75) is 29.9 Å². The molecule has 1 aliphatic rings. The fourth-order valence-corrected chi connectivity index (χ4v) is 3.61. The summed E-state index contributed by atoms with van der Waals surface area (Å²) >= 11 is 1.42. The van der Waals surface area contributed by atoms with E-state index in [9.17, 15) is 9.59 Å². The molecule has 0 aromatic heterocycles. The summed E-state index contributed by atoms with van der Waals surface area (Å²) in [4.78, 5) is 25.6. The lowest BCUT2D eigenvalue weighted by molar-refractivity contribution is -0.120. The molecule has 0 saturated heterocycles. The molecule has 0 radical (unpaired) electrons. The number of amides is 2. The van der Waals surface area contributed by atoms with Crippen molar-refractivity contribution in [2.75, 3.05) is 17.2 Å². The number of benzene rings is 2. The zero-order valence-corrected chi connectivity index (χ0v) is 14.8. The van der Waals surface area contributed by atoms with E-state index in [1.54, 1.807) is 6.07 Å². The van der Waals surface area contributed by atoms with Crippen LogP contribution in [0.4, 0.5) is 11.4 Å². The third-order valence-electron chi connectivity index (χ3n) is 3.70. The van der Waals surface area contributed by atoms with Crippen LogP contribution in [0.2, 0.25) is 0 Å². The minimum Gasteiger partial charge on any atom is -0.491 e. The molecule has 0 bridgehead atoms. The van der Waals surface area contributed by atoms with Gasteiger partial charge in [0.25, 0.3) is 0 Å². The number of carbonyl (C=O) groups is 2. The predicted octanol–water partition coefficient (Wildman–Crippen LogP) is 3.92. The van der Waals surface area contributed by atoms with Crippen molar-refractivity contribution in [3.05, 3.63) is 48.5 Å². The molecule has 2 amide bonds. The van der Waals surface area contributed by atoms with Gasteiger partial charge in [-0.1, -0.05) is 31.2 Å². The van der Waals surface area contributed by atoms with E-state index in [-0.39, 0.29) is 18.2 Å². The Kier molecular flexibility index (Phi) is 5.60. The fraction of sp³-hybridized carbons (Fsp3) is 0.263. The molecule has 2 N–H and O–H groups in total. The molecular formula is C19H20N2O3S. The third-order valence-corrected chi connectivity index (χ3v) is 4.98. The minimum absolute atomic E-state index is 0.104. The van der Waals surface area contributed by atoms with Crippen LogP contribution >= 0.6 is 11.8 Å². The van der Waals surface area contributed by atoms with E-state index in [1.165, 1.54) is 11.8 Å². The van der Waals surface area contributed by atoms with Crippen molar-refractivity contribution in [1.82, 2.24) is 0 Å². The summed E-state index contributed by atoms with van der Waals surface area (Å²) in [6, 6.07) is 14.9. The highest BCUT2D eigenvalue weighted by Gasteiger charge is 2.28. The van der Waals surface area contributed by atoms with Gasteiger partial charge in [-0.15, -0.1) is 11.8 Å². The van der Waals surface area contributed by atoms with Crippen LogP contribution in [0.5, 0.6) is 5.75 Å². The standard InChI is InChI=1S/C19H20N2O3S/c1-2-11-24-15-9-5-3-7-13(15)20-18(22)12-17-19(23)21-14-8-4-6-10-16(14)25-17/h3-10,17H,2,11-12H2,1H3,(H,20,22)(H,21,23)/t17-/m0/s1. The number of fused-ring (bicyclic) bond motifs is 1. The molecule has 3 rings (SSSR count). The highest BCUT2D eigenvalue weighted by atomic mass is 32.2. The molecule has 0 fully saturated rings. The summed E-state index contributed by atoms with van der Waals surface area (Å²) in [5, 5.41) is 5.26. The maximum absolute atomic E-state index is 12.4. The Bertz CT molecular complexity index is 779. The summed E-state index contributed by atoms with van der Waals surface area (Å²) in [5.41, 5.74) is 1.43. The van der Waals surface area contributed by atoms with E-state index in [2.05, 4.69) is 10.6 Å². The van der Waals surface area contributed by atoms with E-state index in [4.69, 9.17) is 4.74 Å². The maximum Gasteiger partial charge on any atom is 0.238 e. The van der Waals surface area contributed by atoms with Crippen LogP contribution in [0.1, 0.15) is 19.8 Å². The van der Waals surface area contributed by atoms with E-state index < -0.39 is 5.25 Å². The Morgan fingerprint density at radius 1 is 1.20 bits per heavy atom. The smallest absolute Gasteiger partial charge is 0.238 e. The second kappa shape index (κ2) is 8.07. The van der Waals surface area contributed by atoms with Gasteiger partial charge in [0, 0.05) is 11.3 Å². The van der Waals surface area contributed by atoms with Crippen molar-refractivity contribution in [1.29, 1.82) is 0 Å². The highest BCUT2D eigenvalue weighted by molar-refractivity contribution is 8.01. The van der Waals surface area contributed by atoms with Crippen molar-refractivity contribution in [3.8, 4) is 5.75 Å². The van der Waals surface area contributed by atoms with E-state index in [0.717, 1.165) is 17.0 Å². The van der Waals surface area contributed by atoms with Crippen molar-refractivity contribution in [2.24, 2.45) is 0 Å². The number of nitrogens with one attached hydrogen (secondary N) is 2. The molecule has 1 atom stereocenters. The van der Waals surface area contributed by atoms with Gasteiger partial charge in [0.1, 0.15) is 5.75 Å². The first-order chi connectivity index (χ1) is 12.2. The van der Waals surface area contributed by atoms with Crippen LogP contribution in [-0.2, 0) is 9.59 Å². The van der Waals surface area contributed by atoms with Gasteiger partial charge in [-0.3, -0.25) is 9.59 Å². The van der Waals surface area contributed by atoms with Gasteiger partial charge < -0.3 is 15.4 Å². The second-order valence-electron chi connectivity index (χ2n) is 5.69. The SMILES string of the molecule is CCCOc1ccccc1NC(=O)C[C@@H]1Sc2ccccc2NC1=O. The lowest BCUT2D eigenvalue weighted by Gasteiger charge is -2.23. The molecule has 2 aromatic carbocycles. The molecule has 0 aliphatic carbocycles. The minimum atomic E-state index is -0.446. The zero-order chi connectivity index (χ0) is 17.6. The lowest BCUT2D eigenvalue weighted by atomic mass is 10.2. The van der Waals surface area contributed by atoms with Crippen LogP contribution < -0.4 is 15.4 Å². The van der Waals surface area contributed by atoms with Gasteiger partial charge in [-0.25, -0.2) is 0 Å². The first-order valence-corrected chi connectivity index (χ1v) is 9.13. The Morgan fingerprint density at radius 2 is 1.96 bits per heavy atom. The Hall–Kier alpha value is -2.47. The number of hydrogen-bond acceptors (Lipinski definition) is 4. The summed E-state index contributed by atoms with van der Waals surface area (Å²) in [6.45, 7) is 2.61. The molecule has 0 unspecified atom stereocenters. The zero-order valence-electron chi connectivity index (χ0n) is 14.0. The van der Waals surface area contributed by atoms with E-state index in [1.807, 2.05) is 49.4 Å². The number of anilines is 2. The number of ether oxygens (including phenoxy) is 1. The second-order valence-corrected chi connectivity index (χ2v) is 6.93. The first kappa shape index (κ1) is 17.4. The van der Waals surface area contributed by atoms with Gasteiger partial charge in [0.2, 0.25) is 11.8 Å². The van der Waals surface area contributed by atoms with Gasteiger partial charge in [0.05, 0.1) is 23.2 Å². The fourth-order valence-electron chi connectivity index (χ4n) is 2.50. The Labute approximate surface area is 151 Å². The van der Waals surface area contributed by atoms with Gasteiger partial charge in [-0.2, -0.15) is 0 Å². The van der Waals surface area contributed by atoms with Crippen LogP contribution in [0, 0.1) is 0 Å². The summed E-state index contributed by atoms with van der Waals surface area (Å²) in [7, 11) is 0. The van der Waals surface area contributed by atoms with Crippen LogP contribution in [0.25, 0.3) is 0 Å². The normalized spacial score (nSPS) is 15.9. The van der Waals surface area contributed by atoms with E-state index in [0.29, 0.717) is 18.0 Å². The topological polar surface area (TPSA) is 67.4 Å². The molecule has 25 heavy (non-hydrogen) atoms. The van der Waals surface area contributed by atoms with Crippen molar-refractivity contribution < 1.29 is 14.3 Å². The van der Waals surface area contributed by atoms with Gasteiger partial charge in [0.15, 0.2) is 0 Å². The van der Waals surface area contributed by atoms with Crippen LogP contribution in [0.3, 0.4) is 0 Å². The maximum atomic E-state index is 12.4. The molecule has 5 nitrogen and oxygen atoms in total. The molecule has 0 saturated carbocycles. The predicted molar refractivity (Wildman–Crippen MR) is 100 cm³/mol. The average Bonchev–Trinajstić information content (AvgIpc) is 2.61. The van der Waals surface area contributed by atoms with Gasteiger partial charge in [-0.05, 0) is 30.7 Å². The number of thioether (sulfide) groups is 1. The Balaban J connectivity index is 1.65. The van der Waals surface area contributed by atoms with Crippen LogP contribution in [0.15, 0.2) is 53.4 Å². The molecule has 1 aliphatic heterocycles. The molecule has 1 heterocycles. The number of hydrogen-bond donors (Lipinski definition) is 2. The van der Waals surface area contributed by atoms with Gasteiger partial charge >= 0.3 is 0 Å². The first-order valence-electron chi connectivity index (χ1n) is 8.25. The summed E-state index contributed by atoms with van der Waals surface area (Å²) < 4.78 is 5.65. The van der Waals surface area contributed by atoms with Crippen LogP contribution in [-0.4, -0.2) is 23.7 Å². The summed E-state index contributed by atoms with van der Waals surface area (Å²) in [6.07, 6.45) is 0.994. The largest absolute Gasteiger partial charge is 0.491 e. The molecular weight excluding hydrogens is 336 g/mol. The van der Waals surface area contributed by atoms with Crippen molar-refractivity contribution in [3.63, 3.8) is 0 Å². The number of para-hydroxylation sites is 3. The summed E-state index contributed by atoms with van der Waals surface area (Å²) in [5.74, 6) is 0.290. The lowest BCUT2D eigenvalue weighted by Crippen LogP contribution is -2.32. The molecule has 2 aromatic rings. The Morgan fingerprint density at radius 3 is 2.80 bits per heavy atom. The average molecular weight is 356 g/mol. The third kappa shape index (κ3) is 4.33. The monoisotopic (exact) mass is 356 g/mol. The quantitative estimate of drug-likeness (QED) is 0.823. The van der Waals surface area contributed by atoms with E-state index >= 15 is 0 Å². The number of carbonyl (C=O) groups excluding carboxylic acids is 2. The molecule has 0 spiro atoms. The van der Waals surface area contributed by atoms with Crippen molar-refractivity contribution >= 4 is 35.0 Å².